The van der Waals surface area contributed by atoms with Gasteiger partial charge in [0.05, 0.1) is 12.2 Å². The third-order valence-corrected chi connectivity index (χ3v) is 2.65. The van der Waals surface area contributed by atoms with Crippen molar-refractivity contribution < 1.29 is 14.3 Å². The van der Waals surface area contributed by atoms with E-state index in [4.69, 9.17) is 10.00 Å². The highest BCUT2D eigenvalue weighted by Crippen LogP contribution is 2.13. The van der Waals surface area contributed by atoms with E-state index in [1.807, 2.05) is 6.92 Å². The predicted octanol–water partition coefficient (Wildman–Crippen LogP) is -0.346. The van der Waals surface area contributed by atoms with Crippen LogP contribution in [0.4, 0.5) is 0 Å². The van der Waals surface area contributed by atoms with Crippen LogP contribution in [-0.2, 0) is 14.3 Å². The van der Waals surface area contributed by atoms with Gasteiger partial charge in [-0.1, -0.05) is 0 Å². The van der Waals surface area contributed by atoms with Crippen LogP contribution in [-0.4, -0.2) is 49.1 Å². The molecule has 1 saturated heterocycles. The van der Waals surface area contributed by atoms with Crippen molar-refractivity contribution in [2.75, 3.05) is 26.2 Å². The molecule has 2 amide bonds. The number of nitrogens with zero attached hydrogens (tertiary/aromatic N) is 2. The number of amides is 2. The summed E-state index contributed by atoms with van der Waals surface area (Å²) in [5, 5.41) is 10.5. The van der Waals surface area contributed by atoms with Crippen LogP contribution in [0.25, 0.3) is 0 Å². The van der Waals surface area contributed by atoms with E-state index in [0.717, 1.165) is 12.8 Å². The summed E-state index contributed by atoms with van der Waals surface area (Å²) in [6, 6.07) is 1.76. The zero-order valence-corrected chi connectivity index (χ0v) is 9.94. The molecule has 1 N–H and O–H groups in total. The molecule has 1 aliphatic rings. The van der Waals surface area contributed by atoms with Crippen molar-refractivity contribution in [3.05, 3.63) is 0 Å². The lowest BCUT2D eigenvalue weighted by Gasteiger charge is -2.31. The van der Waals surface area contributed by atoms with E-state index in [0.29, 0.717) is 19.7 Å². The van der Waals surface area contributed by atoms with E-state index < -0.39 is 11.8 Å². The molecule has 0 aromatic rings. The van der Waals surface area contributed by atoms with Gasteiger partial charge in [-0.2, -0.15) is 5.26 Å². The first kappa shape index (κ1) is 13.5. The lowest BCUT2D eigenvalue weighted by molar-refractivity contribution is -0.147. The minimum atomic E-state index is -0.707. The summed E-state index contributed by atoms with van der Waals surface area (Å²) in [7, 11) is 0. The van der Waals surface area contributed by atoms with Gasteiger partial charge in [-0.3, -0.25) is 9.59 Å². The van der Waals surface area contributed by atoms with Gasteiger partial charge in [0.15, 0.2) is 0 Å². The minimum absolute atomic E-state index is 0.139. The van der Waals surface area contributed by atoms with E-state index in [-0.39, 0.29) is 12.6 Å². The fraction of sp³-hybridized carbons (Fsp3) is 0.727. The van der Waals surface area contributed by atoms with Gasteiger partial charge in [0.2, 0.25) is 0 Å². The van der Waals surface area contributed by atoms with Gasteiger partial charge in [0.1, 0.15) is 6.54 Å². The molecule has 0 radical (unpaired) electrons. The maximum Gasteiger partial charge on any atom is 0.311 e. The van der Waals surface area contributed by atoms with E-state index in [1.165, 1.54) is 4.90 Å². The molecule has 0 saturated carbocycles. The molecule has 0 unspecified atom stereocenters. The fourth-order valence-electron chi connectivity index (χ4n) is 1.80. The molecule has 0 aromatic heterocycles. The average molecular weight is 239 g/mol. The number of nitriles is 1. The normalized spacial score (nSPS) is 16.4. The van der Waals surface area contributed by atoms with Crippen LogP contribution in [0.3, 0.4) is 0 Å². The molecule has 1 aliphatic heterocycles. The molecule has 1 fully saturated rings. The summed E-state index contributed by atoms with van der Waals surface area (Å²) in [6.07, 6.45) is 1.70. The van der Waals surface area contributed by atoms with Crippen LogP contribution in [0.5, 0.6) is 0 Å². The topological polar surface area (TPSA) is 82.4 Å². The van der Waals surface area contributed by atoms with Crippen molar-refractivity contribution in [1.82, 2.24) is 10.2 Å². The molecule has 6 heteroatoms. The summed E-state index contributed by atoms with van der Waals surface area (Å²) in [5.41, 5.74) is 0. The number of hydrogen-bond donors (Lipinski definition) is 1. The third kappa shape index (κ3) is 4.04. The molecular weight excluding hydrogens is 222 g/mol. The number of carbonyl (C=O) groups is 2. The van der Waals surface area contributed by atoms with E-state index in [9.17, 15) is 9.59 Å². The summed E-state index contributed by atoms with van der Waals surface area (Å²) in [6.45, 7) is 3.53. The van der Waals surface area contributed by atoms with Gasteiger partial charge in [-0.25, -0.2) is 0 Å². The van der Waals surface area contributed by atoms with Crippen molar-refractivity contribution in [1.29, 1.82) is 5.26 Å². The molecule has 1 heterocycles. The second-order valence-electron chi connectivity index (χ2n) is 3.79. The quantitative estimate of drug-likeness (QED) is 0.539. The number of rotatable bonds is 3. The molecular formula is C11H17N3O3. The monoisotopic (exact) mass is 239 g/mol. The van der Waals surface area contributed by atoms with Gasteiger partial charge in [-0.05, 0) is 19.8 Å². The van der Waals surface area contributed by atoms with Gasteiger partial charge in [0, 0.05) is 19.7 Å². The Bertz CT molecular complexity index is 316. The highest BCUT2D eigenvalue weighted by molar-refractivity contribution is 6.35. The van der Waals surface area contributed by atoms with Crippen LogP contribution in [0.1, 0.15) is 19.8 Å². The third-order valence-electron chi connectivity index (χ3n) is 2.65. The SMILES string of the molecule is CCOC1CCN(C(=O)C(=O)NCC#N)CC1. The standard InChI is InChI=1S/C11H17N3O3/c1-2-17-9-3-7-14(8-4-9)11(16)10(15)13-6-5-12/h9H,2-4,6-8H2,1H3,(H,13,15). The molecule has 94 valence electrons. The molecule has 0 aliphatic carbocycles. The molecule has 0 bridgehead atoms. The molecule has 0 aromatic carbocycles. The molecule has 0 atom stereocenters. The summed E-state index contributed by atoms with van der Waals surface area (Å²) >= 11 is 0. The Morgan fingerprint density at radius 2 is 2.12 bits per heavy atom. The Kier molecular flexibility index (Phi) is 5.43. The van der Waals surface area contributed by atoms with Crippen LogP contribution in [0.2, 0.25) is 0 Å². The number of nitrogens with one attached hydrogen (secondary N) is 1. The van der Waals surface area contributed by atoms with Gasteiger partial charge < -0.3 is 15.0 Å². The van der Waals surface area contributed by atoms with Gasteiger partial charge >= 0.3 is 11.8 Å². The largest absolute Gasteiger partial charge is 0.378 e. The van der Waals surface area contributed by atoms with Crippen LogP contribution in [0.15, 0.2) is 0 Å². The molecule has 17 heavy (non-hydrogen) atoms. The van der Waals surface area contributed by atoms with Crippen molar-refractivity contribution in [3.63, 3.8) is 0 Å². The molecule has 1 rings (SSSR count). The summed E-state index contributed by atoms with van der Waals surface area (Å²) in [5.74, 6) is -1.27. The van der Waals surface area contributed by atoms with Crippen LogP contribution < -0.4 is 5.32 Å². The van der Waals surface area contributed by atoms with Crippen molar-refractivity contribution in [2.45, 2.75) is 25.9 Å². The van der Waals surface area contributed by atoms with Gasteiger partial charge in [-0.15, -0.1) is 0 Å². The molecule has 0 spiro atoms. The number of carbonyl (C=O) groups excluding carboxylic acids is 2. The zero-order valence-electron chi connectivity index (χ0n) is 9.94. The average Bonchev–Trinajstić information content (AvgIpc) is 2.36. The summed E-state index contributed by atoms with van der Waals surface area (Å²) < 4.78 is 5.45. The number of ether oxygens (including phenoxy) is 1. The number of piperidine rings is 1. The highest BCUT2D eigenvalue weighted by Gasteiger charge is 2.26. The van der Waals surface area contributed by atoms with Crippen LogP contribution in [0, 0.1) is 11.3 Å². The first-order valence-corrected chi connectivity index (χ1v) is 5.74. The second kappa shape index (κ2) is 6.86. The fourth-order valence-corrected chi connectivity index (χ4v) is 1.80. The van der Waals surface area contributed by atoms with E-state index in [1.54, 1.807) is 6.07 Å². The minimum Gasteiger partial charge on any atom is -0.378 e. The molecule has 6 nitrogen and oxygen atoms in total. The number of hydrogen-bond acceptors (Lipinski definition) is 4. The maximum atomic E-state index is 11.6. The smallest absolute Gasteiger partial charge is 0.311 e. The Hall–Kier alpha value is -1.61. The predicted molar refractivity (Wildman–Crippen MR) is 59.9 cm³/mol. The Morgan fingerprint density at radius 1 is 1.47 bits per heavy atom. The van der Waals surface area contributed by atoms with Crippen molar-refractivity contribution in [2.24, 2.45) is 0 Å². The maximum absolute atomic E-state index is 11.6. The Labute approximate surface area is 101 Å². The zero-order chi connectivity index (χ0) is 12.7. The van der Waals surface area contributed by atoms with Crippen LogP contribution >= 0.6 is 0 Å². The van der Waals surface area contributed by atoms with E-state index in [2.05, 4.69) is 5.32 Å². The van der Waals surface area contributed by atoms with Crippen molar-refractivity contribution >= 4 is 11.8 Å². The Morgan fingerprint density at radius 3 is 2.65 bits per heavy atom. The van der Waals surface area contributed by atoms with Gasteiger partial charge in [0.25, 0.3) is 0 Å². The lowest BCUT2D eigenvalue weighted by atomic mass is 10.1. The lowest BCUT2D eigenvalue weighted by Crippen LogP contribution is -2.47. The number of likely N-dealkylation sites (tertiary alicyclic amines) is 1. The first-order chi connectivity index (χ1) is 8.19. The highest BCUT2D eigenvalue weighted by atomic mass is 16.5. The Balaban J connectivity index is 2.35. The summed E-state index contributed by atoms with van der Waals surface area (Å²) in [4.78, 5) is 24.5. The van der Waals surface area contributed by atoms with E-state index >= 15 is 0 Å². The second-order valence-corrected chi connectivity index (χ2v) is 3.79. The first-order valence-electron chi connectivity index (χ1n) is 5.74. The van der Waals surface area contributed by atoms with Crippen molar-refractivity contribution in [3.8, 4) is 6.07 Å².